The molecule has 2 N–H and O–H groups in total. The standard InChI is InChI=1S/C18H18O4.C17H15FO3/c1-22-16-9-7-14(8-10-16)17(19)12-15(18(20)21)11-13-5-3-2-4-6-13;18-15-8-6-13(7-9-15)16(19)11-14(17(20)21)10-12-4-2-1-3-5-12/h2-10,15H,11-12H2,1H3,(H,20,21);1-9,14H,10-11H2,(H,20,21). The van der Waals surface area contributed by atoms with E-state index in [9.17, 15) is 33.8 Å². The first-order valence-corrected chi connectivity index (χ1v) is 13.7. The van der Waals surface area contributed by atoms with Crippen LogP contribution in [0.5, 0.6) is 5.75 Å². The first kappa shape index (κ1) is 32.4. The number of carbonyl (C=O) groups excluding carboxylic acids is 2. The first-order chi connectivity index (χ1) is 20.7. The van der Waals surface area contributed by atoms with Gasteiger partial charge in [0.15, 0.2) is 11.6 Å². The van der Waals surface area contributed by atoms with Crippen molar-refractivity contribution in [2.24, 2.45) is 11.8 Å². The van der Waals surface area contributed by atoms with Crippen LogP contribution in [0.3, 0.4) is 0 Å². The molecule has 0 aliphatic heterocycles. The molecule has 0 aromatic heterocycles. The predicted octanol–water partition coefficient (Wildman–Crippen LogP) is 6.55. The third-order valence-corrected chi connectivity index (χ3v) is 6.79. The van der Waals surface area contributed by atoms with Crippen molar-refractivity contribution in [2.75, 3.05) is 7.11 Å². The normalized spacial score (nSPS) is 11.8. The van der Waals surface area contributed by atoms with Crippen LogP contribution in [-0.4, -0.2) is 40.8 Å². The highest BCUT2D eigenvalue weighted by Gasteiger charge is 2.23. The van der Waals surface area contributed by atoms with E-state index in [0.717, 1.165) is 11.1 Å². The van der Waals surface area contributed by atoms with E-state index in [0.29, 0.717) is 29.7 Å². The van der Waals surface area contributed by atoms with E-state index in [1.54, 1.807) is 31.4 Å². The maximum absolute atomic E-state index is 12.8. The zero-order valence-electron chi connectivity index (χ0n) is 23.7. The number of halogens is 1. The topological polar surface area (TPSA) is 118 Å². The summed E-state index contributed by atoms with van der Waals surface area (Å²) in [6.45, 7) is 0. The van der Waals surface area contributed by atoms with E-state index in [1.807, 2.05) is 60.7 Å². The molecular formula is C35H33FO7. The van der Waals surface area contributed by atoms with Crippen molar-refractivity contribution in [3.05, 3.63) is 137 Å². The molecule has 8 heteroatoms. The second kappa shape index (κ2) is 16.4. The molecule has 0 heterocycles. The summed E-state index contributed by atoms with van der Waals surface area (Å²) in [5, 5.41) is 18.6. The third-order valence-electron chi connectivity index (χ3n) is 6.79. The van der Waals surface area contributed by atoms with Crippen LogP contribution in [-0.2, 0) is 22.4 Å². The molecule has 2 atom stereocenters. The fraction of sp³-hybridized carbons (Fsp3) is 0.200. The Morgan fingerprint density at radius 1 is 0.605 bits per heavy atom. The predicted molar refractivity (Wildman–Crippen MR) is 160 cm³/mol. The van der Waals surface area contributed by atoms with Gasteiger partial charge in [-0.1, -0.05) is 60.7 Å². The lowest BCUT2D eigenvalue weighted by Crippen LogP contribution is -2.20. The summed E-state index contributed by atoms with van der Waals surface area (Å²) in [5.41, 5.74) is 2.62. The van der Waals surface area contributed by atoms with Crippen LogP contribution in [0.1, 0.15) is 44.7 Å². The number of benzene rings is 4. The van der Waals surface area contributed by atoms with Crippen molar-refractivity contribution in [3.8, 4) is 5.75 Å². The molecule has 0 radical (unpaired) electrons. The summed E-state index contributed by atoms with van der Waals surface area (Å²) in [7, 11) is 1.55. The molecule has 4 rings (SSSR count). The van der Waals surface area contributed by atoms with Gasteiger partial charge in [0.1, 0.15) is 11.6 Å². The van der Waals surface area contributed by atoms with Gasteiger partial charge in [-0.2, -0.15) is 0 Å². The Kier molecular flexibility index (Phi) is 12.3. The second-order valence-electron chi connectivity index (χ2n) is 9.94. The van der Waals surface area contributed by atoms with Gasteiger partial charge in [-0.3, -0.25) is 19.2 Å². The van der Waals surface area contributed by atoms with E-state index in [1.165, 1.54) is 24.3 Å². The van der Waals surface area contributed by atoms with Gasteiger partial charge in [0.2, 0.25) is 0 Å². The van der Waals surface area contributed by atoms with E-state index in [-0.39, 0.29) is 24.4 Å². The molecular weight excluding hydrogens is 551 g/mol. The summed E-state index contributed by atoms with van der Waals surface area (Å²) >= 11 is 0. The molecule has 0 aliphatic carbocycles. The van der Waals surface area contributed by atoms with Crippen LogP contribution < -0.4 is 4.74 Å². The highest BCUT2D eigenvalue weighted by Crippen LogP contribution is 2.19. The molecule has 2 unspecified atom stereocenters. The minimum atomic E-state index is -1.01. The van der Waals surface area contributed by atoms with Crippen LogP contribution in [0.2, 0.25) is 0 Å². The Labute approximate surface area is 249 Å². The number of hydrogen-bond acceptors (Lipinski definition) is 5. The number of carbonyl (C=O) groups is 4. The van der Waals surface area contributed by atoms with Gasteiger partial charge in [0.25, 0.3) is 0 Å². The van der Waals surface area contributed by atoms with Gasteiger partial charge in [-0.15, -0.1) is 0 Å². The molecule has 0 saturated heterocycles. The number of rotatable bonds is 13. The van der Waals surface area contributed by atoms with Crippen LogP contribution in [0.25, 0.3) is 0 Å². The minimum absolute atomic E-state index is 0.0173. The molecule has 0 amide bonds. The van der Waals surface area contributed by atoms with Crippen molar-refractivity contribution in [1.82, 2.24) is 0 Å². The van der Waals surface area contributed by atoms with E-state index in [2.05, 4.69) is 0 Å². The first-order valence-electron chi connectivity index (χ1n) is 13.7. The summed E-state index contributed by atoms with van der Waals surface area (Å²) in [6.07, 6.45) is 0.521. The number of aliphatic carboxylic acids is 2. The Morgan fingerprint density at radius 2 is 0.977 bits per heavy atom. The molecule has 0 spiro atoms. The van der Waals surface area contributed by atoms with Crippen LogP contribution in [0.15, 0.2) is 109 Å². The fourth-order valence-corrected chi connectivity index (χ4v) is 4.39. The number of carboxylic acids is 2. The lowest BCUT2D eigenvalue weighted by Gasteiger charge is -2.12. The van der Waals surface area contributed by atoms with E-state index in [4.69, 9.17) is 4.74 Å². The number of methoxy groups -OCH3 is 1. The van der Waals surface area contributed by atoms with Gasteiger partial charge in [0, 0.05) is 24.0 Å². The molecule has 0 saturated carbocycles. The van der Waals surface area contributed by atoms with Crippen LogP contribution >= 0.6 is 0 Å². The maximum atomic E-state index is 12.8. The third kappa shape index (κ3) is 10.7. The summed E-state index contributed by atoms with van der Waals surface area (Å²) in [6, 6.07) is 30.3. The van der Waals surface area contributed by atoms with Crippen LogP contribution in [0, 0.1) is 17.7 Å². The van der Waals surface area contributed by atoms with E-state index >= 15 is 0 Å². The number of carboxylic acid groups (broad SMARTS) is 2. The van der Waals surface area contributed by atoms with Crippen molar-refractivity contribution in [1.29, 1.82) is 0 Å². The number of ketones is 2. The average molecular weight is 585 g/mol. The smallest absolute Gasteiger partial charge is 0.307 e. The maximum Gasteiger partial charge on any atom is 0.307 e. The number of ether oxygens (including phenoxy) is 1. The fourth-order valence-electron chi connectivity index (χ4n) is 4.39. The molecule has 0 fully saturated rings. The van der Waals surface area contributed by atoms with E-state index < -0.39 is 29.6 Å². The molecule has 7 nitrogen and oxygen atoms in total. The Balaban J connectivity index is 0.000000236. The molecule has 43 heavy (non-hydrogen) atoms. The largest absolute Gasteiger partial charge is 0.497 e. The van der Waals surface area contributed by atoms with Gasteiger partial charge < -0.3 is 14.9 Å². The number of hydrogen-bond donors (Lipinski definition) is 2. The van der Waals surface area contributed by atoms with Gasteiger partial charge in [0.05, 0.1) is 18.9 Å². The Morgan fingerprint density at radius 3 is 1.33 bits per heavy atom. The Hall–Kier alpha value is -5.11. The summed E-state index contributed by atoms with van der Waals surface area (Å²) < 4.78 is 17.9. The SMILES string of the molecule is COc1ccc(C(=O)CC(Cc2ccccc2)C(=O)O)cc1.O=C(CC(Cc1ccccc1)C(=O)O)c1ccc(F)cc1. The van der Waals surface area contributed by atoms with Crippen molar-refractivity contribution in [3.63, 3.8) is 0 Å². The van der Waals surface area contributed by atoms with Crippen molar-refractivity contribution >= 4 is 23.5 Å². The highest BCUT2D eigenvalue weighted by atomic mass is 19.1. The average Bonchev–Trinajstić information content (AvgIpc) is 3.02. The summed E-state index contributed by atoms with van der Waals surface area (Å²) in [5.74, 6) is -3.70. The van der Waals surface area contributed by atoms with Crippen molar-refractivity contribution < 1.29 is 38.5 Å². The molecule has 222 valence electrons. The molecule has 4 aromatic carbocycles. The zero-order chi connectivity index (χ0) is 31.2. The monoisotopic (exact) mass is 584 g/mol. The summed E-state index contributed by atoms with van der Waals surface area (Å²) in [4.78, 5) is 47.0. The van der Waals surface area contributed by atoms with Gasteiger partial charge >= 0.3 is 11.9 Å². The Bertz CT molecular complexity index is 1490. The van der Waals surface area contributed by atoms with Crippen molar-refractivity contribution in [2.45, 2.75) is 25.7 Å². The molecule has 0 bridgehead atoms. The lowest BCUT2D eigenvalue weighted by molar-refractivity contribution is -0.142. The second-order valence-corrected chi connectivity index (χ2v) is 9.94. The number of Topliss-reactive ketones (excluding diaryl/α,β-unsaturated/α-hetero) is 2. The van der Waals surface area contributed by atoms with Gasteiger partial charge in [-0.05, 0) is 72.5 Å². The molecule has 4 aromatic rings. The lowest BCUT2D eigenvalue weighted by atomic mass is 9.92. The zero-order valence-corrected chi connectivity index (χ0v) is 23.7. The van der Waals surface area contributed by atoms with Gasteiger partial charge in [-0.25, -0.2) is 4.39 Å². The molecule has 0 aliphatic rings. The minimum Gasteiger partial charge on any atom is -0.497 e. The quantitative estimate of drug-likeness (QED) is 0.171. The highest BCUT2D eigenvalue weighted by molar-refractivity contribution is 5.98. The van der Waals surface area contributed by atoms with Crippen LogP contribution in [0.4, 0.5) is 4.39 Å².